The van der Waals surface area contributed by atoms with Crippen molar-refractivity contribution in [2.45, 2.75) is 6.92 Å². The number of hydrogen-bond acceptors (Lipinski definition) is 4. The molecule has 0 aromatic heterocycles. The molecule has 0 radical (unpaired) electrons. The van der Waals surface area contributed by atoms with Crippen molar-refractivity contribution >= 4 is 23.5 Å². The summed E-state index contributed by atoms with van der Waals surface area (Å²) in [5, 5.41) is 3.00. The maximum Gasteiger partial charge on any atom is 0.325 e. The first-order chi connectivity index (χ1) is 8.52. The number of aryl methyl sites for hydroxylation is 1. The predicted octanol–water partition coefficient (Wildman–Crippen LogP) is 1.32. The number of nitrogens with one attached hydrogen (secondary N) is 1. The zero-order valence-electron chi connectivity index (χ0n) is 10.2. The molecule has 5 nitrogen and oxygen atoms in total. The highest BCUT2D eigenvalue weighted by Gasteiger charge is 2.06. The minimum atomic E-state index is -0.509. The second-order valence-corrected chi connectivity index (χ2v) is 3.96. The third-order valence-electron chi connectivity index (χ3n) is 2.16. The molecule has 18 heavy (non-hydrogen) atoms. The average Bonchev–Trinajstić information content (AvgIpc) is 2.37. The van der Waals surface area contributed by atoms with E-state index in [9.17, 15) is 9.59 Å². The van der Waals surface area contributed by atoms with Crippen LogP contribution in [0, 0.1) is 6.92 Å². The molecular formula is C12H14ClNO4. The zero-order valence-corrected chi connectivity index (χ0v) is 10.9. The minimum Gasteiger partial charge on any atom is -0.484 e. The van der Waals surface area contributed by atoms with Gasteiger partial charge in [-0.3, -0.25) is 9.59 Å². The monoisotopic (exact) mass is 271 g/mol. The van der Waals surface area contributed by atoms with Gasteiger partial charge in [-0.15, -0.1) is 0 Å². The molecule has 0 bridgehead atoms. The van der Waals surface area contributed by atoms with E-state index in [1.807, 2.05) is 6.92 Å². The lowest BCUT2D eigenvalue weighted by atomic mass is 10.2. The number of methoxy groups -OCH3 is 1. The zero-order chi connectivity index (χ0) is 13.5. The summed E-state index contributed by atoms with van der Waals surface area (Å²) in [5.74, 6) is -0.358. The maximum absolute atomic E-state index is 11.3. The topological polar surface area (TPSA) is 64.6 Å². The molecule has 1 aromatic rings. The van der Waals surface area contributed by atoms with Gasteiger partial charge in [0, 0.05) is 5.02 Å². The third kappa shape index (κ3) is 4.63. The molecule has 0 aliphatic carbocycles. The van der Waals surface area contributed by atoms with E-state index in [2.05, 4.69) is 10.1 Å². The largest absolute Gasteiger partial charge is 0.484 e. The van der Waals surface area contributed by atoms with Crippen molar-refractivity contribution in [2.24, 2.45) is 0 Å². The van der Waals surface area contributed by atoms with E-state index >= 15 is 0 Å². The van der Waals surface area contributed by atoms with E-state index in [4.69, 9.17) is 16.3 Å². The molecule has 0 unspecified atom stereocenters. The van der Waals surface area contributed by atoms with Gasteiger partial charge in [0.2, 0.25) is 0 Å². The van der Waals surface area contributed by atoms with Crippen molar-refractivity contribution in [3.8, 4) is 5.75 Å². The van der Waals surface area contributed by atoms with Gasteiger partial charge in [0.05, 0.1) is 7.11 Å². The van der Waals surface area contributed by atoms with Crippen molar-refractivity contribution in [1.82, 2.24) is 5.32 Å². The number of benzene rings is 1. The molecule has 1 amide bonds. The van der Waals surface area contributed by atoms with Crippen LogP contribution in [-0.2, 0) is 14.3 Å². The number of ether oxygens (including phenoxy) is 2. The molecule has 0 saturated carbocycles. The van der Waals surface area contributed by atoms with E-state index in [0.717, 1.165) is 5.56 Å². The summed E-state index contributed by atoms with van der Waals surface area (Å²) in [5.41, 5.74) is 0.865. The number of esters is 1. The number of hydrogen-bond donors (Lipinski definition) is 1. The highest BCUT2D eigenvalue weighted by atomic mass is 35.5. The van der Waals surface area contributed by atoms with Crippen LogP contribution < -0.4 is 10.1 Å². The van der Waals surface area contributed by atoms with E-state index < -0.39 is 11.9 Å². The summed E-state index contributed by atoms with van der Waals surface area (Å²) < 4.78 is 9.63. The van der Waals surface area contributed by atoms with Crippen molar-refractivity contribution in [2.75, 3.05) is 20.3 Å². The Kier molecular flexibility index (Phi) is 5.45. The van der Waals surface area contributed by atoms with Gasteiger partial charge >= 0.3 is 5.97 Å². The number of halogens is 1. The standard InChI is InChI=1S/C12H14ClNO4/c1-8-5-9(3-4-10(8)13)18-7-11(15)14-6-12(16)17-2/h3-5H,6-7H2,1-2H3,(H,14,15). The SMILES string of the molecule is COC(=O)CNC(=O)COc1ccc(Cl)c(C)c1. The van der Waals surface area contributed by atoms with Gasteiger partial charge in [-0.25, -0.2) is 0 Å². The van der Waals surface area contributed by atoms with E-state index in [1.165, 1.54) is 7.11 Å². The highest BCUT2D eigenvalue weighted by molar-refractivity contribution is 6.31. The Bertz CT molecular complexity index is 448. The molecule has 0 aliphatic rings. The van der Waals surface area contributed by atoms with E-state index in [0.29, 0.717) is 10.8 Å². The summed E-state index contributed by atoms with van der Waals surface area (Å²) >= 11 is 5.86. The Morgan fingerprint density at radius 1 is 1.39 bits per heavy atom. The van der Waals surface area contributed by atoms with Crippen LogP contribution in [0.5, 0.6) is 5.75 Å². The van der Waals surface area contributed by atoms with E-state index in [-0.39, 0.29) is 13.2 Å². The normalized spacial score (nSPS) is 9.72. The molecule has 0 aliphatic heterocycles. The molecule has 0 fully saturated rings. The van der Waals surface area contributed by atoms with E-state index in [1.54, 1.807) is 18.2 Å². The third-order valence-corrected chi connectivity index (χ3v) is 2.58. The van der Waals surface area contributed by atoms with Gasteiger partial charge in [-0.05, 0) is 30.7 Å². The first-order valence-corrected chi connectivity index (χ1v) is 5.63. The van der Waals surface area contributed by atoms with Crippen LogP contribution in [0.4, 0.5) is 0 Å². The Labute approximate surface area is 110 Å². The molecule has 6 heteroatoms. The Morgan fingerprint density at radius 2 is 2.11 bits per heavy atom. The van der Waals surface area contributed by atoms with Crippen molar-refractivity contribution in [3.05, 3.63) is 28.8 Å². The molecule has 1 aromatic carbocycles. The molecule has 0 atom stereocenters. The second-order valence-electron chi connectivity index (χ2n) is 3.55. The summed E-state index contributed by atoms with van der Waals surface area (Å²) in [6.45, 7) is 1.50. The fraction of sp³-hybridized carbons (Fsp3) is 0.333. The number of amides is 1. The Morgan fingerprint density at radius 3 is 2.72 bits per heavy atom. The molecule has 98 valence electrons. The number of rotatable bonds is 5. The van der Waals surface area contributed by atoms with Crippen molar-refractivity contribution in [3.63, 3.8) is 0 Å². The van der Waals surface area contributed by atoms with Gasteiger partial charge in [-0.1, -0.05) is 11.6 Å². The second kappa shape index (κ2) is 6.86. The van der Waals surface area contributed by atoms with Crippen LogP contribution in [0.15, 0.2) is 18.2 Å². The number of carbonyl (C=O) groups excluding carboxylic acids is 2. The van der Waals surface area contributed by atoms with Gasteiger partial charge in [0.15, 0.2) is 6.61 Å². The molecular weight excluding hydrogens is 258 g/mol. The average molecular weight is 272 g/mol. The molecule has 1 N–H and O–H groups in total. The van der Waals surface area contributed by atoms with Crippen LogP contribution in [0.3, 0.4) is 0 Å². The lowest BCUT2D eigenvalue weighted by molar-refractivity contribution is -0.141. The molecule has 0 saturated heterocycles. The van der Waals surface area contributed by atoms with Gasteiger partial charge < -0.3 is 14.8 Å². The Hall–Kier alpha value is -1.75. The van der Waals surface area contributed by atoms with Crippen molar-refractivity contribution < 1.29 is 19.1 Å². The van der Waals surface area contributed by atoms with Crippen LogP contribution in [0.25, 0.3) is 0 Å². The van der Waals surface area contributed by atoms with Gasteiger partial charge in [-0.2, -0.15) is 0 Å². The summed E-state index contributed by atoms with van der Waals surface area (Å²) in [4.78, 5) is 22.1. The Balaban J connectivity index is 2.38. The first kappa shape index (κ1) is 14.3. The van der Waals surface area contributed by atoms with Crippen LogP contribution >= 0.6 is 11.6 Å². The van der Waals surface area contributed by atoms with Gasteiger partial charge in [0.25, 0.3) is 5.91 Å². The lowest BCUT2D eigenvalue weighted by Crippen LogP contribution is -2.33. The quantitative estimate of drug-likeness (QED) is 0.821. The number of carbonyl (C=O) groups is 2. The molecule has 0 spiro atoms. The fourth-order valence-electron chi connectivity index (χ4n) is 1.15. The lowest BCUT2D eigenvalue weighted by Gasteiger charge is -2.08. The van der Waals surface area contributed by atoms with Crippen LogP contribution in [0.2, 0.25) is 5.02 Å². The fourth-order valence-corrected chi connectivity index (χ4v) is 1.27. The minimum absolute atomic E-state index is 0.168. The predicted molar refractivity (Wildman–Crippen MR) is 66.7 cm³/mol. The highest BCUT2D eigenvalue weighted by Crippen LogP contribution is 2.20. The first-order valence-electron chi connectivity index (χ1n) is 5.25. The van der Waals surface area contributed by atoms with Crippen molar-refractivity contribution in [1.29, 1.82) is 0 Å². The summed E-state index contributed by atoms with van der Waals surface area (Å²) in [7, 11) is 1.25. The maximum atomic E-state index is 11.3. The van der Waals surface area contributed by atoms with Crippen LogP contribution in [-0.4, -0.2) is 32.1 Å². The van der Waals surface area contributed by atoms with Gasteiger partial charge in [0.1, 0.15) is 12.3 Å². The molecule has 1 rings (SSSR count). The van der Waals surface area contributed by atoms with Crippen LogP contribution in [0.1, 0.15) is 5.56 Å². The molecule has 0 heterocycles. The summed E-state index contributed by atoms with van der Waals surface area (Å²) in [6.07, 6.45) is 0. The summed E-state index contributed by atoms with van der Waals surface area (Å²) in [6, 6.07) is 5.09. The smallest absolute Gasteiger partial charge is 0.325 e.